The number of sulfone groups is 1. The molecule has 0 heterocycles. The van der Waals surface area contributed by atoms with Crippen molar-refractivity contribution in [3.05, 3.63) is 71.1 Å². The third-order valence-corrected chi connectivity index (χ3v) is 4.50. The molecular formula is C16H16O2S. The summed E-state index contributed by atoms with van der Waals surface area (Å²) in [6, 6.07) is 16.4. The van der Waals surface area contributed by atoms with Gasteiger partial charge in [-0.05, 0) is 37.1 Å². The summed E-state index contributed by atoms with van der Waals surface area (Å²) in [5.41, 5.74) is 2.70. The third kappa shape index (κ3) is 3.32. The van der Waals surface area contributed by atoms with Gasteiger partial charge in [0.15, 0.2) is 9.84 Å². The summed E-state index contributed by atoms with van der Waals surface area (Å²) in [6.07, 6.45) is 0. The summed E-state index contributed by atoms with van der Waals surface area (Å²) in [7, 11) is -3.39. The molecule has 19 heavy (non-hydrogen) atoms. The van der Waals surface area contributed by atoms with Crippen molar-refractivity contribution in [3.63, 3.8) is 0 Å². The van der Waals surface area contributed by atoms with Crippen molar-refractivity contribution >= 4 is 15.4 Å². The van der Waals surface area contributed by atoms with Crippen LogP contribution in [-0.4, -0.2) is 8.42 Å². The van der Waals surface area contributed by atoms with Crippen LogP contribution in [-0.2, 0) is 9.84 Å². The molecule has 0 N–H and O–H groups in total. The van der Waals surface area contributed by atoms with Crippen molar-refractivity contribution in [3.8, 4) is 0 Å². The molecule has 2 aromatic carbocycles. The number of benzene rings is 2. The van der Waals surface area contributed by atoms with E-state index >= 15 is 0 Å². The van der Waals surface area contributed by atoms with E-state index in [9.17, 15) is 8.42 Å². The maximum Gasteiger partial charge on any atom is 0.200 e. The molecule has 0 atom stereocenters. The van der Waals surface area contributed by atoms with E-state index in [1.165, 1.54) is 5.41 Å². The van der Waals surface area contributed by atoms with Crippen LogP contribution >= 0.6 is 0 Å². The molecule has 0 aliphatic heterocycles. The first-order valence-corrected chi connectivity index (χ1v) is 7.59. The van der Waals surface area contributed by atoms with Crippen LogP contribution in [0.5, 0.6) is 0 Å². The molecule has 2 aromatic rings. The van der Waals surface area contributed by atoms with E-state index in [-0.39, 0.29) is 0 Å². The smallest absolute Gasteiger partial charge is 0.200 e. The lowest BCUT2D eigenvalue weighted by Crippen LogP contribution is -1.97. The Kier molecular flexibility index (Phi) is 3.86. The highest BCUT2D eigenvalue weighted by Gasteiger charge is 2.11. The summed E-state index contributed by atoms with van der Waals surface area (Å²) in [6.45, 7) is 3.74. The monoisotopic (exact) mass is 272 g/mol. The molecule has 0 spiro atoms. The van der Waals surface area contributed by atoms with Gasteiger partial charge in [-0.1, -0.05) is 48.0 Å². The number of aryl methyl sites for hydroxylation is 1. The Morgan fingerprint density at radius 3 is 2.11 bits per heavy atom. The number of hydrogen-bond acceptors (Lipinski definition) is 2. The topological polar surface area (TPSA) is 34.1 Å². The molecule has 0 saturated heterocycles. The van der Waals surface area contributed by atoms with Gasteiger partial charge in [0, 0.05) is 5.41 Å². The number of hydrogen-bond donors (Lipinski definition) is 0. The van der Waals surface area contributed by atoms with Gasteiger partial charge in [-0.15, -0.1) is 0 Å². The zero-order chi connectivity index (χ0) is 13.9. The Hall–Kier alpha value is -1.87. The molecule has 0 aliphatic carbocycles. The van der Waals surface area contributed by atoms with Crippen LogP contribution in [0.1, 0.15) is 18.1 Å². The minimum atomic E-state index is -3.39. The molecular weight excluding hydrogens is 256 g/mol. The van der Waals surface area contributed by atoms with Crippen LogP contribution in [0, 0.1) is 6.92 Å². The minimum absolute atomic E-state index is 0.327. The fraction of sp³-hybridized carbons (Fsp3) is 0.125. The highest BCUT2D eigenvalue weighted by molar-refractivity contribution is 7.94. The number of rotatable bonds is 3. The first kappa shape index (κ1) is 13.6. The predicted molar refractivity (Wildman–Crippen MR) is 78.5 cm³/mol. The lowest BCUT2D eigenvalue weighted by molar-refractivity contribution is 0.604. The van der Waals surface area contributed by atoms with Crippen LogP contribution in [0.2, 0.25) is 0 Å². The van der Waals surface area contributed by atoms with E-state index < -0.39 is 9.84 Å². The highest BCUT2D eigenvalue weighted by Crippen LogP contribution is 2.19. The zero-order valence-corrected chi connectivity index (χ0v) is 11.8. The van der Waals surface area contributed by atoms with Crippen LogP contribution in [0.3, 0.4) is 0 Å². The molecule has 0 amide bonds. The van der Waals surface area contributed by atoms with Crippen molar-refractivity contribution in [1.82, 2.24) is 0 Å². The van der Waals surface area contributed by atoms with E-state index in [0.717, 1.165) is 16.7 Å². The van der Waals surface area contributed by atoms with Gasteiger partial charge in [0.25, 0.3) is 0 Å². The Morgan fingerprint density at radius 2 is 1.53 bits per heavy atom. The van der Waals surface area contributed by atoms with Crippen molar-refractivity contribution < 1.29 is 8.42 Å². The average molecular weight is 272 g/mol. The van der Waals surface area contributed by atoms with Crippen LogP contribution in [0.15, 0.2) is 64.9 Å². The average Bonchev–Trinajstić information content (AvgIpc) is 2.40. The molecule has 0 unspecified atom stereocenters. The maximum absolute atomic E-state index is 12.3. The fourth-order valence-corrected chi connectivity index (χ4v) is 3.05. The largest absolute Gasteiger partial charge is 0.219 e. The second-order valence-electron chi connectivity index (χ2n) is 4.52. The lowest BCUT2D eigenvalue weighted by Gasteiger charge is -2.03. The molecule has 0 aliphatic rings. The van der Waals surface area contributed by atoms with E-state index in [4.69, 9.17) is 0 Å². The molecule has 2 rings (SSSR count). The Bertz CT molecular complexity index is 681. The minimum Gasteiger partial charge on any atom is -0.219 e. The molecule has 0 fully saturated rings. The molecule has 0 aromatic heterocycles. The van der Waals surface area contributed by atoms with E-state index in [1.807, 2.05) is 37.3 Å². The van der Waals surface area contributed by atoms with Gasteiger partial charge in [0.05, 0.1) is 4.90 Å². The SMILES string of the molecule is CC(=CS(=O)(=O)c1ccc(C)cc1)c1ccccc1. The van der Waals surface area contributed by atoms with E-state index in [2.05, 4.69) is 0 Å². The predicted octanol–water partition coefficient (Wildman–Crippen LogP) is 3.83. The summed E-state index contributed by atoms with van der Waals surface area (Å²) >= 11 is 0. The van der Waals surface area contributed by atoms with Crippen LogP contribution < -0.4 is 0 Å². The zero-order valence-electron chi connectivity index (χ0n) is 11.0. The fourth-order valence-electron chi connectivity index (χ4n) is 1.80. The van der Waals surface area contributed by atoms with Gasteiger partial charge in [0.1, 0.15) is 0 Å². The van der Waals surface area contributed by atoms with Gasteiger partial charge in [0.2, 0.25) is 0 Å². The molecule has 0 saturated carbocycles. The second kappa shape index (κ2) is 5.41. The summed E-state index contributed by atoms with van der Waals surface area (Å²) < 4.78 is 24.5. The van der Waals surface area contributed by atoms with Crippen molar-refractivity contribution in [2.45, 2.75) is 18.7 Å². The van der Waals surface area contributed by atoms with Crippen molar-refractivity contribution in [2.75, 3.05) is 0 Å². The standard InChI is InChI=1S/C16H16O2S/c1-13-8-10-16(11-9-13)19(17,18)12-14(2)15-6-4-3-5-7-15/h3-12H,1-2H3. The van der Waals surface area contributed by atoms with Gasteiger partial charge in [-0.2, -0.15) is 0 Å². The maximum atomic E-state index is 12.3. The van der Waals surface area contributed by atoms with Crippen LogP contribution in [0.25, 0.3) is 5.57 Å². The van der Waals surface area contributed by atoms with Crippen LogP contribution in [0.4, 0.5) is 0 Å². The Balaban J connectivity index is 2.39. The summed E-state index contributed by atoms with van der Waals surface area (Å²) in [5.74, 6) is 0. The van der Waals surface area contributed by atoms with Gasteiger partial charge in [-0.3, -0.25) is 0 Å². The van der Waals surface area contributed by atoms with E-state index in [0.29, 0.717) is 4.90 Å². The first-order chi connectivity index (χ1) is 8.99. The second-order valence-corrected chi connectivity index (χ2v) is 6.32. The quantitative estimate of drug-likeness (QED) is 0.851. The molecule has 3 heteroatoms. The van der Waals surface area contributed by atoms with E-state index in [1.54, 1.807) is 31.2 Å². The molecule has 0 radical (unpaired) electrons. The van der Waals surface area contributed by atoms with Crippen molar-refractivity contribution in [1.29, 1.82) is 0 Å². The summed E-state index contributed by atoms with van der Waals surface area (Å²) in [5, 5.41) is 1.33. The molecule has 2 nitrogen and oxygen atoms in total. The highest BCUT2D eigenvalue weighted by atomic mass is 32.2. The number of allylic oxidation sites excluding steroid dienone is 1. The van der Waals surface area contributed by atoms with Gasteiger partial charge >= 0.3 is 0 Å². The van der Waals surface area contributed by atoms with Gasteiger partial charge in [-0.25, -0.2) is 8.42 Å². The Morgan fingerprint density at radius 1 is 0.947 bits per heavy atom. The first-order valence-electron chi connectivity index (χ1n) is 6.04. The Labute approximate surface area is 114 Å². The normalized spacial score (nSPS) is 12.4. The van der Waals surface area contributed by atoms with Crippen molar-refractivity contribution in [2.24, 2.45) is 0 Å². The molecule has 0 bridgehead atoms. The molecule has 98 valence electrons. The lowest BCUT2D eigenvalue weighted by atomic mass is 10.1. The summed E-state index contributed by atoms with van der Waals surface area (Å²) in [4.78, 5) is 0.327. The van der Waals surface area contributed by atoms with Gasteiger partial charge < -0.3 is 0 Å². The third-order valence-electron chi connectivity index (χ3n) is 2.91.